The molecule has 0 aliphatic carbocycles. The van der Waals surface area contributed by atoms with Gasteiger partial charge in [-0.25, -0.2) is 4.68 Å². The average Bonchev–Trinajstić information content (AvgIpc) is 3.55. The van der Waals surface area contributed by atoms with Crippen LogP contribution >= 0.6 is 34.7 Å². The van der Waals surface area contributed by atoms with Crippen LogP contribution in [0.5, 0.6) is 0 Å². The van der Waals surface area contributed by atoms with Crippen LogP contribution in [0.25, 0.3) is 16.9 Å². The Morgan fingerprint density at radius 2 is 1.89 bits per heavy atom. The van der Waals surface area contributed by atoms with E-state index >= 15 is 0 Å². The highest BCUT2D eigenvalue weighted by Gasteiger charge is 2.38. The summed E-state index contributed by atoms with van der Waals surface area (Å²) in [6.07, 6.45) is 0.803. The summed E-state index contributed by atoms with van der Waals surface area (Å²) in [4.78, 5) is 29.4. The number of nitrogens with zero attached hydrogens (tertiary/aromatic N) is 3. The molecule has 0 fully saturated rings. The fourth-order valence-electron chi connectivity index (χ4n) is 4.35. The van der Waals surface area contributed by atoms with Gasteiger partial charge in [-0.2, -0.15) is 5.10 Å². The fourth-order valence-corrected chi connectivity index (χ4v) is 6.74. The topological polar surface area (TPSA) is 67.2 Å². The second-order valence-corrected chi connectivity index (χ2v) is 11.4. The number of hydrogen-bond acceptors (Lipinski definition) is 5. The summed E-state index contributed by atoms with van der Waals surface area (Å²) in [5, 5.41) is 10.5. The Bertz CT molecular complexity index is 1410. The number of rotatable bonds is 7. The van der Waals surface area contributed by atoms with Gasteiger partial charge in [0.25, 0.3) is 0 Å². The minimum absolute atomic E-state index is 0.00986. The maximum absolute atomic E-state index is 13.7. The van der Waals surface area contributed by atoms with Crippen molar-refractivity contribution in [1.29, 1.82) is 0 Å². The van der Waals surface area contributed by atoms with Crippen molar-refractivity contribution in [3.63, 3.8) is 0 Å². The number of carbonyl (C=O) groups is 2. The molecule has 2 amide bonds. The van der Waals surface area contributed by atoms with Crippen molar-refractivity contribution in [2.75, 3.05) is 17.2 Å². The number of para-hydroxylation sites is 1. The third kappa shape index (κ3) is 5.19. The number of halogens is 1. The number of nitrogens with one attached hydrogen (secondary N) is 1. The molecule has 6 nitrogen and oxygen atoms in total. The van der Waals surface area contributed by atoms with Crippen LogP contribution in [-0.4, -0.2) is 39.9 Å². The summed E-state index contributed by atoms with van der Waals surface area (Å²) >= 11 is 9.88. The zero-order valence-corrected chi connectivity index (χ0v) is 22.9. The molecule has 0 unspecified atom stereocenters. The first-order chi connectivity index (χ1) is 18.0. The summed E-state index contributed by atoms with van der Waals surface area (Å²) in [5.41, 5.74) is 3.26. The van der Waals surface area contributed by atoms with Gasteiger partial charge in [-0.05, 0) is 36.9 Å². The molecular formula is C28H27ClN4O2S2. The number of carbonyl (C=O) groups excluding carboxylic acids is 2. The Labute approximate surface area is 229 Å². The van der Waals surface area contributed by atoms with Gasteiger partial charge in [0.05, 0.1) is 27.4 Å². The standard InChI is InChI=1S/C28H27ClN4O2S2/c1-3-18(2)30-23(34)16-32-24(35)17-37-27(22-14-9-15-36-22)25-26(19-10-5-4-6-11-19)31-33(28(25)32)21-13-8-7-12-20(21)29/h4-15,18,27H,3,16-17H2,1-2H3,(H,30,34)/t18-,27+/m0/s1. The molecule has 2 aromatic heterocycles. The van der Waals surface area contributed by atoms with Crippen LogP contribution in [0.2, 0.25) is 5.02 Å². The smallest absolute Gasteiger partial charge is 0.240 e. The van der Waals surface area contributed by atoms with E-state index in [0.717, 1.165) is 28.1 Å². The summed E-state index contributed by atoms with van der Waals surface area (Å²) in [6.45, 7) is 3.87. The minimum Gasteiger partial charge on any atom is -0.352 e. The Hall–Kier alpha value is -3.07. The van der Waals surface area contributed by atoms with Crippen molar-refractivity contribution >= 4 is 52.3 Å². The van der Waals surface area contributed by atoms with Crippen LogP contribution in [0.15, 0.2) is 72.1 Å². The highest BCUT2D eigenvalue weighted by atomic mass is 35.5. The lowest BCUT2D eigenvalue weighted by molar-refractivity contribution is -0.123. The fraction of sp³-hybridized carbons (Fsp3) is 0.250. The first-order valence-corrected chi connectivity index (χ1v) is 14.5. The Morgan fingerprint density at radius 3 is 2.59 bits per heavy atom. The molecule has 5 rings (SSSR count). The predicted molar refractivity (Wildman–Crippen MR) is 153 cm³/mol. The molecule has 2 atom stereocenters. The second-order valence-electron chi connectivity index (χ2n) is 8.88. The molecule has 0 saturated heterocycles. The van der Waals surface area contributed by atoms with Crippen molar-refractivity contribution in [2.45, 2.75) is 31.6 Å². The van der Waals surface area contributed by atoms with E-state index in [1.165, 1.54) is 0 Å². The van der Waals surface area contributed by atoms with E-state index < -0.39 is 0 Å². The van der Waals surface area contributed by atoms with Crippen molar-refractivity contribution in [1.82, 2.24) is 15.1 Å². The van der Waals surface area contributed by atoms with E-state index in [1.54, 1.807) is 38.7 Å². The summed E-state index contributed by atoms with van der Waals surface area (Å²) in [7, 11) is 0. The summed E-state index contributed by atoms with van der Waals surface area (Å²) in [5.74, 6) is 0.475. The Morgan fingerprint density at radius 1 is 1.14 bits per heavy atom. The molecule has 0 saturated carbocycles. The van der Waals surface area contributed by atoms with Crippen LogP contribution in [0.4, 0.5) is 5.82 Å². The molecule has 0 spiro atoms. The van der Waals surface area contributed by atoms with Gasteiger partial charge in [0.2, 0.25) is 11.8 Å². The number of aromatic nitrogens is 2. The highest BCUT2D eigenvalue weighted by molar-refractivity contribution is 8.00. The number of thioether (sulfide) groups is 1. The maximum atomic E-state index is 13.7. The van der Waals surface area contributed by atoms with E-state index in [4.69, 9.17) is 16.7 Å². The van der Waals surface area contributed by atoms with Crippen LogP contribution in [0.1, 0.15) is 36.0 Å². The van der Waals surface area contributed by atoms with Gasteiger partial charge in [0.15, 0.2) is 0 Å². The van der Waals surface area contributed by atoms with Gasteiger partial charge in [-0.15, -0.1) is 23.1 Å². The van der Waals surface area contributed by atoms with Crippen LogP contribution in [0.3, 0.4) is 0 Å². The van der Waals surface area contributed by atoms with E-state index in [0.29, 0.717) is 16.5 Å². The third-order valence-corrected chi connectivity index (χ3v) is 8.98. The largest absolute Gasteiger partial charge is 0.352 e. The molecule has 1 aliphatic rings. The molecule has 1 N–H and O–H groups in total. The first kappa shape index (κ1) is 25.6. The Kier molecular flexibility index (Phi) is 7.69. The number of amides is 2. The van der Waals surface area contributed by atoms with Crippen LogP contribution in [0, 0.1) is 0 Å². The van der Waals surface area contributed by atoms with Crippen molar-refractivity contribution in [3.8, 4) is 16.9 Å². The zero-order chi connectivity index (χ0) is 25.9. The number of fused-ring (bicyclic) bond motifs is 1. The van der Waals surface area contributed by atoms with E-state index in [9.17, 15) is 9.59 Å². The number of hydrogen-bond donors (Lipinski definition) is 1. The molecule has 1 aliphatic heterocycles. The van der Waals surface area contributed by atoms with Gasteiger partial charge >= 0.3 is 0 Å². The third-order valence-electron chi connectivity index (χ3n) is 6.34. The molecule has 9 heteroatoms. The Balaban J connectivity index is 1.77. The lowest BCUT2D eigenvalue weighted by atomic mass is 10.0. The van der Waals surface area contributed by atoms with E-state index in [1.807, 2.05) is 73.8 Å². The molecule has 3 heterocycles. The number of thiophene rings is 1. The zero-order valence-electron chi connectivity index (χ0n) is 20.6. The van der Waals surface area contributed by atoms with E-state index in [2.05, 4.69) is 11.4 Å². The minimum atomic E-state index is -0.207. The summed E-state index contributed by atoms with van der Waals surface area (Å²) < 4.78 is 1.74. The second kappa shape index (κ2) is 11.1. The van der Waals surface area contributed by atoms with Crippen LogP contribution < -0.4 is 10.2 Å². The maximum Gasteiger partial charge on any atom is 0.240 e. The molecule has 0 radical (unpaired) electrons. The average molecular weight is 551 g/mol. The molecule has 4 aromatic rings. The molecule has 190 valence electrons. The molecule has 2 aromatic carbocycles. The predicted octanol–water partition coefficient (Wildman–Crippen LogP) is 6.34. The SMILES string of the molecule is CC[C@H](C)NC(=O)CN1C(=O)CS[C@H](c2cccs2)c2c(-c3ccccc3)nn(-c3ccccc3Cl)c21. The normalized spacial score (nSPS) is 16.2. The number of anilines is 1. The first-order valence-electron chi connectivity index (χ1n) is 12.2. The van der Waals surface area contributed by atoms with Crippen molar-refractivity contribution in [2.24, 2.45) is 0 Å². The van der Waals surface area contributed by atoms with Gasteiger partial charge in [0, 0.05) is 22.0 Å². The molecular weight excluding hydrogens is 524 g/mol. The lowest BCUT2D eigenvalue weighted by Crippen LogP contribution is -2.44. The van der Waals surface area contributed by atoms with Gasteiger partial charge in [-0.1, -0.05) is 67.1 Å². The van der Waals surface area contributed by atoms with Crippen molar-refractivity contribution in [3.05, 3.63) is 87.6 Å². The van der Waals surface area contributed by atoms with Gasteiger partial charge < -0.3 is 5.32 Å². The quantitative estimate of drug-likeness (QED) is 0.291. The monoisotopic (exact) mass is 550 g/mol. The van der Waals surface area contributed by atoms with E-state index in [-0.39, 0.29) is 35.4 Å². The van der Waals surface area contributed by atoms with Gasteiger partial charge in [0.1, 0.15) is 12.4 Å². The van der Waals surface area contributed by atoms with Gasteiger partial charge in [-0.3, -0.25) is 14.5 Å². The highest BCUT2D eigenvalue weighted by Crippen LogP contribution is 2.49. The number of benzene rings is 2. The van der Waals surface area contributed by atoms with Crippen molar-refractivity contribution < 1.29 is 9.59 Å². The molecule has 0 bridgehead atoms. The molecule has 37 heavy (non-hydrogen) atoms. The van der Waals surface area contributed by atoms with Crippen LogP contribution in [-0.2, 0) is 9.59 Å². The lowest BCUT2D eigenvalue weighted by Gasteiger charge is -2.24. The summed E-state index contributed by atoms with van der Waals surface area (Å²) in [6, 6.07) is 21.5.